The Bertz CT molecular complexity index is 1110. The van der Waals surface area contributed by atoms with Gasteiger partial charge in [0, 0.05) is 60.9 Å². The number of aromatic amines is 1. The van der Waals surface area contributed by atoms with Gasteiger partial charge in [0.25, 0.3) is 11.2 Å². The van der Waals surface area contributed by atoms with Gasteiger partial charge in [-0.3, -0.25) is 24.8 Å². The van der Waals surface area contributed by atoms with Crippen molar-refractivity contribution < 1.29 is 9.66 Å². The summed E-state index contributed by atoms with van der Waals surface area (Å²) in [5.41, 5.74) is 2.74. The van der Waals surface area contributed by atoms with Gasteiger partial charge in [0.05, 0.1) is 17.7 Å². The highest BCUT2D eigenvalue weighted by atomic mass is 16.6. The highest BCUT2D eigenvalue weighted by molar-refractivity contribution is 5.53. The molecule has 0 spiro atoms. The van der Waals surface area contributed by atoms with Crippen LogP contribution in [0.2, 0.25) is 0 Å². The van der Waals surface area contributed by atoms with E-state index >= 15 is 0 Å². The predicted octanol–water partition coefficient (Wildman–Crippen LogP) is 2.31. The van der Waals surface area contributed by atoms with Crippen molar-refractivity contribution in [3.8, 4) is 17.1 Å². The maximum Gasteiger partial charge on any atom is 0.270 e. The average Bonchev–Trinajstić information content (AvgIpc) is 2.74. The normalized spacial score (nSPS) is 13.7. The highest BCUT2D eigenvalue weighted by Crippen LogP contribution is 2.27. The molecule has 1 aliphatic heterocycles. The van der Waals surface area contributed by atoms with Crippen LogP contribution in [0.15, 0.2) is 47.5 Å². The first-order valence-corrected chi connectivity index (χ1v) is 9.11. The Morgan fingerprint density at radius 3 is 2.93 bits per heavy atom. The Labute approximate surface area is 166 Å². The molecule has 0 saturated carbocycles. The average molecular weight is 393 g/mol. The van der Waals surface area contributed by atoms with Gasteiger partial charge in [0.1, 0.15) is 11.6 Å². The standard InChI is InChI=1S/C20H19N5O4/c1-29-18-5-4-15(25(27)28)9-14(18)11-24-8-6-16-17(12-24)22-19(23-20(16)26)13-3-2-7-21-10-13/h2-5,7,9-10H,6,8,11-12H2,1H3,(H,22,23,26). The number of pyridine rings is 1. The fourth-order valence-corrected chi connectivity index (χ4v) is 3.51. The molecule has 0 fully saturated rings. The molecule has 3 aromatic rings. The van der Waals surface area contributed by atoms with E-state index in [0.717, 1.165) is 11.1 Å². The lowest BCUT2D eigenvalue weighted by Crippen LogP contribution is -2.35. The first-order chi connectivity index (χ1) is 14.0. The minimum absolute atomic E-state index is 0.0200. The fourth-order valence-electron chi connectivity index (χ4n) is 3.51. The molecule has 3 heterocycles. The topological polar surface area (TPSA) is 114 Å². The summed E-state index contributed by atoms with van der Waals surface area (Å²) in [6.07, 6.45) is 3.87. The molecule has 0 radical (unpaired) electrons. The second-order valence-corrected chi connectivity index (χ2v) is 6.80. The molecule has 0 aliphatic carbocycles. The van der Waals surface area contributed by atoms with Gasteiger partial charge in [-0.15, -0.1) is 0 Å². The molecule has 0 atom stereocenters. The summed E-state index contributed by atoms with van der Waals surface area (Å²) in [4.78, 5) is 36.9. The van der Waals surface area contributed by atoms with Gasteiger partial charge in [-0.2, -0.15) is 0 Å². The van der Waals surface area contributed by atoms with E-state index in [2.05, 4.69) is 19.9 Å². The summed E-state index contributed by atoms with van der Waals surface area (Å²) in [5, 5.41) is 11.1. The number of hydrogen-bond acceptors (Lipinski definition) is 7. The third-order valence-corrected chi connectivity index (χ3v) is 4.96. The van der Waals surface area contributed by atoms with Crippen LogP contribution in [0.1, 0.15) is 16.8 Å². The number of methoxy groups -OCH3 is 1. The molecule has 148 valence electrons. The fraction of sp³-hybridized carbons (Fsp3) is 0.250. The number of hydrogen-bond donors (Lipinski definition) is 1. The molecule has 29 heavy (non-hydrogen) atoms. The first-order valence-electron chi connectivity index (χ1n) is 9.11. The number of nitro groups is 1. The zero-order valence-electron chi connectivity index (χ0n) is 15.8. The van der Waals surface area contributed by atoms with E-state index in [1.54, 1.807) is 24.5 Å². The van der Waals surface area contributed by atoms with Crippen molar-refractivity contribution in [2.24, 2.45) is 0 Å². The van der Waals surface area contributed by atoms with Gasteiger partial charge in [0.2, 0.25) is 0 Å². The van der Waals surface area contributed by atoms with Crippen LogP contribution >= 0.6 is 0 Å². The summed E-state index contributed by atoms with van der Waals surface area (Å²) in [7, 11) is 1.54. The summed E-state index contributed by atoms with van der Waals surface area (Å²) >= 11 is 0. The Kier molecular flexibility index (Phi) is 5.05. The van der Waals surface area contributed by atoms with Gasteiger partial charge in [-0.05, 0) is 24.6 Å². The van der Waals surface area contributed by atoms with Crippen LogP contribution in [0.25, 0.3) is 11.4 Å². The van der Waals surface area contributed by atoms with Crippen molar-refractivity contribution in [1.82, 2.24) is 19.9 Å². The molecule has 0 unspecified atom stereocenters. The number of nitrogens with one attached hydrogen (secondary N) is 1. The quantitative estimate of drug-likeness (QED) is 0.522. The third kappa shape index (κ3) is 3.85. The summed E-state index contributed by atoms with van der Waals surface area (Å²) in [6.45, 7) is 1.58. The van der Waals surface area contributed by atoms with Crippen molar-refractivity contribution in [3.63, 3.8) is 0 Å². The molecule has 1 N–H and O–H groups in total. The Hall–Kier alpha value is -3.59. The van der Waals surface area contributed by atoms with E-state index in [0.29, 0.717) is 48.9 Å². The lowest BCUT2D eigenvalue weighted by atomic mass is 10.0. The van der Waals surface area contributed by atoms with Crippen LogP contribution in [0, 0.1) is 10.1 Å². The van der Waals surface area contributed by atoms with Gasteiger partial charge in [-0.25, -0.2) is 4.98 Å². The number of fused-ring (bicyclic) bond motifs is 1. The van der Waals surface area contributed by atoms with E-state index in [9.17, 15) is 14.9 Å². The van der Waals surface area contributed by atoms with Gasteiger partial charge >= 0.3 is 0 Å². The smallest absolute Gasteiger partial charge is 0.270 e. The van der Waals surface area contributed by atoms with Crippen LogP contribution in [0.4, 0.5) is 5.69 Å². The van der Waals surface area contributed by atoms with Gasteiger partial charge < -0.3 is 9.72 Å². The Morgan fingerprint density at radius 1 is 1.34 bits per heavy atom. The highest BCUT2D eigenvalue weighted by Gasteiger charge is 2.23. The lowest BCUT2D eigenvalue weighted by Gasteiger charge is -2.28. The number of aromatic nitrogens is 3. The molecule has 0 amide bonds. The van der Waals surface area contributed by atoms with Crippen molar-refractivity contribution >= 4 is 5.69 Å². The molecule has 0 bridgehead atoms. The number of nitrogens with zero attached hydrogens (tertiary/aromatic N) is 4. The molecule has 4 rings (SSSR count). The Balaban J connectivity index is 1.62. The maximum absolute atomic E-state index is 12.5. The van der Waals surface area contributed by atoms with Crippen LogP contribution < -0.4 is 10.3 Å². The molecule has 9 nitrogen and oxygen atoms in total. The first kappa shape index (κ1) is 18.8. The molecule has 0 saturated heterocycles. The van der Waals surface area contributed by atoms with Crippen molar-refractivity contribution in [2.75, 3.05) is 13.7 Å². The molecular formula is C20H19N5O4. The number of nitro benzene ring substituents is 1. The SMILES string of the molecule is COc1ccc([N+](=O)[O-])cc1CN1CCc2c(nc(-c3cccnc3)[nH]c2=O)C1. The van der Waals surface area contributed by atoms with Crippen LogP contribution in [0.3, 0.4) is 0 Å². The van der Waals surface area contributed by atoms with Crippen molar-refractivity contribution in [1.29, 1.82) is 0 Å². The minimum Gasteiger partial charge on any atom is -0.496 e. The van der Waals surface area contributed by atoms with Crippen LogP contribution in [0.5, 0.6) is 5.75 Å². The number of H-pyrrole nitrogens is 1. The van der Waals surface area contributed by atoms with Gasteiger partial charge in [0.15, 0.2) is 0 Å². The molecule has 2 aromatic heterocycles. The van der Waals surface area contributed by atoms with E-state index in [4.69, 9.17) is 4.74 Å². The van der Waals surface area contributed by atoms with E-state index < -0.39 is 4.92 Å². The number of ether oxygens (including phenoxy) is 1. The third-order valence-electron chi connectivity index (χ3n) is 4.96. The monoisotopic (exact) mass is 393 g/mol. The van der Waals surface area contributed by atoms with Crippen LogP contribution in [-0.4, -0.2) is 38.4 Å². The van der Waals surface area contributed by atoms with Crippen molar-refractivity contribution in [2.45, 2.75) is 19.5 Å². The second kappa shape index (κ2) is 7.80. The van der Waals surface area contributed by atoms with Gasteiger partial charge in [-0.1, -0.05) is 0 Å². The summed E-state index contributed by atoms with van der Waals surface area (Å²) in [5.74, 6) is 1.08. The second-order valence-electron chi connectivity index (χ2n) is 6.80. The van der Waals surface area contributed by atoms with Crippen molar-refractivity contribution in [3.05, 3.63) is 80.0 Å². The van der Waals surface area contributed by atoms with E-state index in [1.807, 2.05) is 6.07 Å². The number of non-ortho nitro benzene ring substituents is 1. The lowest BCUT2D eigenvalue weighted by molar-refractivity contribution is -0.385. The Morgan fingerprint density at radius 2 is 2.21 bits per heavy atom. The summed E-state index contributed by atoms with van der Waals surface area (Å²) in [6, 6.07) is 8.19. The zero-order chi connectivity index (χ0) is 20.4. The van der Waals surface area contributed by atoms with Crippen LogP contribution in [-0.2, 0) is 19.5 Å². The number of rotatable bonds is 5. The molecule has 9 heteroatoms. The number of benzene rings is 1. The van der Waals surface area contributed by atoms with E-state index in [1.165, 1.54) is 19.2 Å². The molecule has 1 aliphatic rings. The molecule has 1 aromatic carbocycles. The van der Waals surface area contributed by atoms with E-state index in [-0.39, 0.29) is 11.2 Å². The zero-order valence-corrected chi connectivity index (χ0v) is 15.8. The largest absolute Gasteiger partial charge is 0.496 e. The minimum atomic E-state index is -0.421. The predicted molar refractivity (Wildman–Crippen MR) is 106 cm³/mol. The maximum atomic E-state index is 12.5. The summed E-state index contributed by atoms with van der Waals surface area (Å²) < 4.78 is 5.36. The molecular weight excluding hydrogens is 374 g/mol.